The predicted molar refractivity (Wildman–Crippen MR) is 278 cm³/mol. The minimum Gasteiger partial charge on any atom is -0.453 e. The molecule has 0 bridgehead atoms. The summed E-state index contributed by atoms with van der Waals surface area (Å²) in [5.74, 6) is 0. The number of aromatic nitrogens is 6. The third-order valence-electron chi connectivity index (χ3n) is 10.9. The Hall–Kier alpha value is -7.01. The molecule has 2 aromatic rings. The summed E-state index contributed by atoms with van der Waals surface area (Å²) in [6.45, 7) is 10.7. The van der Waals surface area contributed by atoms with Crippen molar-refractivity contribution in [1.82, 2.24) is 32.9 Å². The normalized spacial score (nSPS) is 9.91. The van der Waals surface area contributed by atoms with Gasteiger partial charge in [-0.3, -0.25) is 0 Å². The smallest absolute Gasteiger partial charge is 0.406 e. The van der Waals surface area contributed by atoms with Crippen molar-refractivity contribution in [2.75, 3.05) is 33.3 Å². The third-order valence-corrected chi connectivity index (χ3v) is 10.9. The number of isocyanates is 5. The van der Waals surface area contributed by atoms with Gasteiger partial charge in [0.05, 0.1) is 26.7 Å². The molecule has 414 valence electrons. The van der Waals surface area contributed by atoms with Gasteiger partial charge in [-0.05, 0) is 51.4 Å². The zero-order valence-corrected chi connectivity index (χ0v) is 44.4. The van der Waals surface area contributed by atoms with Crippen molar-refractivity contribution in [2.45, 2.75) is 208 Å². The van der Waals surface area contributed by atoms with Gasteiger partial charge in [-0.25, -0.2) is 90.8 Å². The number of nitrogens with zero attached hydrogens (tertiary/aromatic N) is 11. The van der Waals surface area contributed by atoms with Crippen molar-refractivity contribution in [3.05, 3.63) is 62.9 Å². The van der Waals surface area contributed by atoms with Gasteiger partial charge < -0.3 is 10.1 Å². The van der Waals surface area contributed by atoms with Crippen LogP contribution in [0.15, 0.2) is 53.9 Å². The van der Waals surface area contributed by atoms with E-state index in [0.717, 1.165) is 56.1 Å². The highest BCUT2D eigenvalue weighted by molar-refractivity contribution is 5.66. The second-order valence-electron chi connectivity index (χ2n) is 16.7. The summed E-state index contributed by atoms with van der Waals surface area (Å²) in [7, 11) is 1.28. The molecule has 2 rings (SSSR count). The average molecular weight is 1050 g/mol. The number of hydrogen-bond donors (Lipinski definition) is 1. The van der Waals surface area contributed by atoms with Crippen LogP contribution in [0.1, 0.15) is 182 Å². The maximum atomic E-state index is 12.7. The number of rotatable bonds is 36. The molecule has 0 saturated carbocycles. The van der Waals surface area contributed by atoms with E-state index in [4.69, 9.17) is 0 Å². The van der Waals surface area contributed by atoms with Gasteiger partial charge in [0, 0.05) is 32.7 Å². The fourth-order valence-corrected chi connectivity index (χ4v) is 6.85. The van der Waals surface area contributed by atoms with Gasteiger partial charge in [-0.15, -0.1) is 9.35 Å². The van der Waals surface area contributed by atoms with Crippen LogP contribution >= 0.6 is 0 Å². The van der Waals surface area contributed by atoms with E-state index in [1.807, 2.05) is 0 Å². The summed E-state index contributed by atoms with van der Waals surface area (Å²) in [6.07, 6.45) is 27.6. The van der Waals surface area contributed by atoms with Crippen molar-refractivity contribution in [3.63, 3.8) is 0 Å². The Bertz CT molecular complexity index is 2410. The lowest BCUT2D eigenvalue weighted by molar-refractivity contribution is 0.171. The number of amides is 1. The lowest BCUT2D eigenvalue weighted by Gasteiger charge is -2.11. The second-order valence-corrected chi connectivity index (χ2v) is 16.7. The lowest BCUT2D eigenvalue weighted by atomic mass is 10.2. The van der Waals surface area contributed by atoms with Crippen LogP contribution in [-0.4, -0.2) is 97.4 Å². The van der Waals surface area contributed by atoms with E-state index in [-0.39, 0.29) is 26.2 Å². The monoisotopic (exact) mass is 1040 g/mol. The number of ether oxygens (including phenoxy) is 1. The average Bonchev–Trinajstić information content (AvgIpc) is 3.40. The summed E-state index contributed by atoms with van der Waals surface area (Å²) < 4.78 is 8.67. The number of unbranched alkanes of at least 4 members (excludes halogenated alkanes) is 18. The zero-order chi connectivity index (χ0) is 55.6. The second kappa shape index (κ2) is 48.3. The number of aliphatic imine (C=N–C) groups is 3. The largest absolute Gasteiger partial charge is 0.453 e. The first-order valence-electron chi connectivity index (χ1n) is 25.9. The topological polar surface area (TPSA) is 317 Å². The fourth-order valence-electron chi connectivity index (χ4n) is 6.85. The summed E-state index contributed by atoms with van der Waals surface area (Å²) in [6, 6.07) is 0. The van der Waals surface area contributed by atoms with Crippen molar-refractivity contribution in [3.8, 4) is 0 Å². The van der Waals surface area contributed by atoms with Crippen LogP contribution in [0.3, 0.4) is 0 Å². The van der Waals surface area contributed by atoms with Crippen molar-refractivity contribution < 1.29 is 33.5 Å². The Morgan fingerprint density at radius 2 is 0.662 bits per heavy atom. The van der Waals surface area contributed by atoms with E-state index in [9.17, 15) is 57.5 Å². The van der Waals surface area contributed by atoms with Gasteiger partial charge in [0.25, 0.3) is 12.2 Å². The third kappa shape index (κ3) is 31.4. The Balaban J connectivity index is 0. The van der Waals surface area contributed by atoms with Crippen LogP contribution in [0.4, 0.5) is 4.79 Å². The summed E-state index contributed by atoms with van der Waals surface area (Å²) in [5.41, 5.74) is -5.45. The lowest BCUT2D eigenvalue weighted by Crippen LogP contribution is -2.53. The highest BCUT2D eigenvalue weighted by Crippen LogP contribution is 2.04. The van der Waals surface area contributed by atoms with E-state index < -0.39 is 40.2 Å². The van der Waals surface area contributed by atoms with E-state index in [0.29, 0.717) is 113 Å². The number of nitrogens with one attached hydrogen (secondary N) is 1. The molecule has 0 spiro atoms. The van der Waals surface area contributed by atoms with Gasteiger partial charge >= 0.3 is 40.2 Å². The number of hydrogen-bond acceptors (Lipinski definition) is 18. The molecular formula is C49H80N12O13. The molecule has 0 aromatic carbocycles. The molecule has 0 fully saturated rings. The van der Waals surface area contributed by atoms with Crippen LogP contribution in [0.2, 0.25) is 0 Å². The highest BCUT2D eigenvalue weighted by Gasteiger charge is 2.17. The molecule has 0 radical (unpaired) electrons. The number of alkyl carbamates (subject to hydrolysis) is 1. The van der Waals surface area contributed by atoms with Crippen LogP contribution < -0.4 is 39.5 Å². The molecule has 1 amide bonds. The molecule has 0 aliphatic carbocycles. The quantitative estimate of drug-likeness (QED) is 0.0514. The van der Waals surface area contributed by atoms with Crippen molar-refractivity contribution in [1.29, 1.82) is 0 Å². The first-order valence-corrected chi connectivity index (χ1v) is 25.9. The first-order chi connectivity index (χ1) is 35.9. The van der Waals surface area contributed by atoms with Crippen LogP contribution in [-0.2, 0) is 54.9 Å². The van der Waals surface area contributed by atoms with Crippen molar-refractivity contribution >= 4 is 36.5 Å². The molecule has 25 heteroatoms. The van der Waals surface area contributed by atoms with Crippen LogP contribution in [0.25, 0.3) is 0 Å². The molecule has 2 aromatic heterocycles. The van der Waals surface area contributed by atoms with E-state index in [1.54, 1.807) is 0 Å². The first kappa shape index (κ1) is 69.1. The van der Waals surface area contributed by atoms with Gasteiger partial charge in [-0.1, -0.05) is 141 Å². The van der Waals surface area contributed by atoms with Gasteiger partial charge in [-0.2, -0.15) is 0 Å². The molecule has 0 aliphatic heterocycles. The number of methoxy groups -OCH3 is 1. The summed E-state index contributed by atoms with van der Waals surface area (Å²) >= 11 is 0. The maximum Gasteiger partial charge on any atom is 0.406 e. The summed E-state index contributed by atoms with van der Waals surface area (Å²) in [4.78, 5) is 148. The van der Waals surface area contributed by atoms with Gasteiger partial charge in [0.1, 0.15) is 0 Å². The Kier molecular flexibility index (Phi) is 45.1. The maximum absolute atomic E-state index is 12.7. The highest BCUT2D eigenvalue weighted by atomic mass is 16.5. The minimum atomic E-state index is -0.987. The van der Waals surface area contributed by atoms with Crippen molar-refractivity contribution in [2.24, 2.45) is 25.2 Å². The molecule has 1 N–H and O–H groups in total. The van der Waals surface area contributed by atoms with Crippen LogP contribution in [0.5, 0.6) is 0 Å². The molecule has 0 aliphatic rings. The molecular weight excluding hydrogens is 965 g/mol. The minimum absolute atomic E-state index is 0.0560. The Morgan fingerprint density at radius 3 is 0.905 bits per heavy atom. The molecule has 25 nitrogen and oxygen atoms in total. The van der Waals surface area contributed by atoms with E-state index >= 15 is 0 Å². The standard InChI is InChI=1S/C19H28N6O7.C18H24N6O6.2C6H14/c1-32-16(28)21-11-7-3-5-9-13-24-17(29)23(12-8-4-2-6-10-20-14-26)18(30)25(19(24)31)22-15-27;25-13-19-9-5-1-3-7-11-22-16(28)23(12-8-4-2-6-10-20-14-26)18(30)24(17(22)29)21-15-27;2*1-3-5-6-4-2/h2-13H2,1H3,(H,21,28);1-12H2;2*3-6H2,1-2H3. The van der Waals surface area contributed by atoms with E-state index in [2.05, 4.69) is 62.9 Å². The van der Waals surface area contributed by atoms with Gasteiger partial charge in [0.2, 0.25) is 18.2 Å². The Labute approximate surface area is 431 Å². The fraction of sp³-hybridized carbons (Fsp3) is 0.755. The Morgan fingerprint density at radius 1 is 0.392 bits per heavy atom. The van der Waals surface area contributed by atoms with E-state index in [1.165, 1.54) is 76.7 Å². The SMILES string of the molecule is CCCCCC.CCCCCC.COC(=O)NCCCCCCn1c(=O)n(CCCCCCN=C=O)c(=O)n(N=C=O)c1=O.O=C=NCCCCCCn1c(=O)n(CCCCCCN=C=O)c(=O)n(N=C=O)c1=O. The molecule has 2 heterocycles. The molecule has 0 atom stereocenters. The molecule has 0 saturated heterocycles. The zero-order valence-electron chi connectivity index (χ0n) is 44.4. The molecule has 74 heavy (non-hydrogen) atoms. The number of carbonyl (C=O) groups is 1. The number of carbonyl (C=O) groups excluding carboxylic acids is 6. The predicted octanol–water partition coefficient (Wildman–Crippen LogP) is 5.32. The molecule has 0 unspecified atom stereocenters. The van der Waals surface area contributed by atoms with Gasteiger partial charge in [0.15, 0.2) is 0 Å². The summed E-state index contributed by atoms with van der Waals surface area (Å²) in [5, 5.41) is 8.83. The van der Waals surface area contributed by atoms with Crippen LogP contribution in [0, 0.1) is 0 Å².